The number of methoxy groups -OCH3 is 1. The van der Waals surface area contributed by atoms with Crippen LogP contribution in [0.3, 0.4) is 0 Å². The van der Waals surface area contributed by atoms with Crippen LogP contribution in [0.1, 0.15) is 80.2 Å². The number of likely N-dealkylation sites (N-methyl/N-ethyl adjacent to an activating group) is 1. The number of hydrogen-bond acceptors (Lipinski definition) is 8. The number of benzene rings is 1. The maximum atomic E-state index is 14.4. The van der Waals surface area contributed by atoms with Crippen molar-refractivity contribution in [3.8, 4) is 5.75 Å². The third-order valence-corrected chi connectivity index (χ3v) is 9.68. The Morgan fingerprint density at radius 3 is 2.10 bits per heavy atom. The molecule has 1 aliphatic heterocycles. The molecule has 1 unspecified atom stereocenters. The van der Waals surface area contributed by atoms with Gasteiger partial charge in [-0.1, -0.05) is 72.2 Å². The Labute approximate surface area is 302 Å². The Morgan fingerprint density at radius 1 is 0.961 bits per heavy atom. The second-order valence-corrected chi connectivity index (χ2v) is 15.5. The number of allylic oxidation sites excluding steroid dienone is 1. The molecule has 5 amide bonds. The lowest BCUT2D eigenvalue weighted by Crippen LogP contribution is -2.61. The number of Topliss-reactive ketones (excluding diaryl/α,β-unsaturated/α-hetero) is 1. The summed E-state index contributed by atoms with van der Waals surface area (Å²) in [6, 6.07) is 2.12. The average molecular weight is 712 g/mol. The molecule has 2 fully saturated rings. The summed E-state index contributed by atoms with van der Waals surface area (Å²) in [5.74, 6) is -2.51. The van der Waals surface area contributed by atoms with Crippen LogP contribution < -0.4 is 26.0 Å². The van der Waals surface area contributed by atoms with E-state index in [1.807, 2.05) is 20.8 Å². The van der Waals surface area contributed by atoms with Crippen molar-refractivity contribution in [1.29, 1.82) is 0 Å². The van der Waals surface area contributed by atoms with Gasteiger partial charge in [0, 0.05) is 13.6 Å². The third-order valence-electron chi connectivity index (χ3n) is 9.68. The number of esters is 1. The monoisotopic (exact) mass is 711 g/mol. The van der Waals surface area contributed by atoms with Crippen LogP contribution in [0, 0.1) is 29.1 Å². The lowest BCUT2D eigenvalue weighted by molar-refractivity contribution is -0.148. The smallest absolute Gasteiger partial charge is 0.329 e. The van der Waals surface area contributed by atoms with Gasteiger partial charge in [-0.2, -0.15) is 0 Å². The van der Waals surface area contributed by atoms with Crippen molar-refractivity contribution in [2.24, 2.45) is 29.1 Å². The van der Waals surface area contributed by atoms with Crippen LogP contribution in [0.25, 0.3) is 0 Å². The molecule has 0 aromatic heterocycles. The molecule has 1 aliphatic carbocycles. The van der Waals surface area contributed by atoms with E-state index in [1.54, 1.807) is 72.1 Å². The average Bonchev–Trinajstić information content (AvgIpc) is 3.84. The Bertz CT molecular complexity index is 1460. The van der Waals surface area contributed by atoms with Gasteiger partial charge in [0.1, 0.15) is 36.5 Å². The molecule has 4 N–H and O–H groups in total. The first-order valence-electron chi connectivity index (χ1n) is 17.8. The van der Waals surface area contributed by atoms with Gasteiger partial charge in [-0.05, 0) is 73.0 Å². The summed E-state index contributed by atoms with van der Waals surface area (Å²) < 4.78 is 10.7. The zero-order valence-electron chi connectivity index (χ0n) is 31.8. The molecule has 2 aliphatic rings. The van der Waals surface area contributed by atoms with Gasteiger partial charge in [0.25, 0.3) is 5.91 Å². The number of carbonyl (C=O) groups excluding carboxylic acids is 6. The highest BCUT2D eigenvalue weighted by molar-refractivity contribution is 6.38. The molecule has 5 atom stereocenters. The molecule has 1 aromatic rings. The minimum Gasteiger partial charge on any atom is -0.497 e. The van der Waals surface area contributed by atoms with Gasteiger partial charge < -0.3 is 35.6 Å². The molecule has 1 saturated carbocycles. The molecule has 0 spiro atoms. The van der Waals surface area contributed by atoms with Gasteiger partial charge in [0.05, 0.1) is 7.11 Å². The second kappa shape index (κ2) is 17.7. The van der Waals surface area contributed by atoms with E-state index in [0.717, 1.165) is 24.0 Å². The Morgan fingerprint density at radius 2 is 1.59 bits per heavy atom. The summed E-state index contributed by atoms with van der Waals surface area (Å²) in [5.41, 5.74) is 0.871. The van der Waals surface area contributed by atoms with E-state index in [2.05, 4.69) is 21.3 Å². The van der Waals surface area contributed by atoms with E-state index in [0.29, 0.717) is 18.1 Å². The van der Waals surface area contributed by atoms with Crippen LogP contribution in [0.4, 0.5) is 4.79 Å². The minimum absolute atomic E-state index is 0.000604. The van der Waals surface area contributed by atoms with Gasteiger partial charge in [-0.25, -0.2) is 9.59 Å². The molecular weight excluding hydrogens is 654 g/mol. The molecule has 282 valence electrons. The molecular formula is C38H57N5O8. The van der Waals surface area contributed by atoms with E-state index >= 15 is 0 Å². The first kappa shape index (κ1) is 41.0. The predicted molar refractivity (Wildman–Crippen MR) is 192 cm³/mol. The molecule has 0 radical (unpaired) electrons. The predicted octanol–water partition coefficient (Wildman–Crippen LogP) is 3.51. The lowest BCUT2D eigenvalue weighted by Gasteiger charge is -2.36. The molecule has 13 nitrogen and oxygen atoms in total. The van der Waals surface area contributed by atoms with Crippen LogP contribution in [-0.4, -0.2) is 85.3 Å². The molecule has 51 heavy (non-hydrogen) atoms. The van der Waals surface area contributed by atoms with E-state index in [1.165, 1.54) is 11.9 Å². The summed E-state index contributed by atoms with van der Waals surface area (Å²) in [5, 5.41) is 10.6. The topological polar surface area (TPSA) is 172 Å². The Kier molecular flexibility index (Phi) is 14.2. The van der Waals surface area contributed by atoms with Crippen LogP contribution in [-0.2, 0) is 35.3 Å². The fourth-order valence-corrected chi connectivity index (χ4v) is 6.07. The maximum absolute atomic E-state index is 14.4. The van der Waals surface area contributed by atoms with E-state index in [-0.39, 0.29) is 30.9 Å². The number of nitrogens with one attached hydrogen (secondary N) is 4. The number of likely N-dealkylation sites (tertiary alicyclic amines) is 1. The lowest BCUT2D eigenvalue weighted by atomic mass is 9.85. The molecule has 1 aromatic carbocycles. The summed E-state index contributed by atoms with van der Waals surface area (Å²) in [6.07, 6.45) is 3.94. The largest absolute Gasteiger partial charge is 0.497 e. The van der Waals surface area contributed by atoms with Crippen LogP contribution >= 0.6 is 0 Å². The molecule has 1 heterocycles. The molecule has 3 rings (SSSR count). The number of nitrogens with zero attached hydrogens (tertiary/aromatic N) is 1. The summed E-state index contributed by atoms with van der Waals surface area (Å²) in [6.45, 7) is 15.1. The van der Waals surface area contributed by atoms with Crippen LogP contribution in [0.2, 0.25) is 0 Å². The Balaban J connectivity index is 1.79. The van der Waals surface area contributed by atoms with Gasteiger partial charge in [-0.3, -0.25) is 19.2 Å². The highest BCUT2D eigenvalue weighted by atomic mass is 16.5. The van der Waals surface area contributed by atoms with Gasteiger partial charge in [0.15, 0.2) is 0 Å². The number of ketones is 1. The highest BCUT2D eigenvalue weighted by Crippen LogP contribution is 2.36. The second-order valence-electron chi connectivity index (χ2n) is 15.5. The number of rotatable bonds is 15. The summed E-state index contributed by atoms with van der Waals surface area (Å²) in [4.78, 5) is 81.7. The molecule has 13 heteroatoms. The van der Waals surface area contributed by atoms with Gasteiger partial charge in [-0.15, -0.1) is 0 Å². The summed E-state index contributed by atoms with van der Waals surface area (Å²) >= 11 is 0. The molecule has 1 saturated heterocycles. The number of urea groups is 1. The standard InChI is InChI=1S/C38H57N5O8/c1-21(2)26-18-29(33(45)40-28(31(44)34(46)39-9)17-23(5)25-13-14-25)43(19-26)35(47)32(38(6,7)8)42-37(49)41-30(22(3)4)36(48)51-20-24-11-15-27(50-10)16-12-24/h11-12,15-17,21-22,25-26,28-30,32H,13-14,18-20H2,1-10H3,(H,39,46)(H,40,45)(H2,41,42,49)/b23-17+/t26-,28?,29+,30+,32-/m1/s1. The number of hydrogen-bond donors (Lipinski definition) is 4. The minimum atomic E-state index is -1.19. The zero-order valence-corrected chi connectivity index (χ0v) is 31.8. The van der Waals surface area contributed by atoms with E-state index in [4.69, 9.17) is 9.47 Å². The quantitative estimate of drug-likeness (QED) is 0.122. The van der Waals surface area contributed by atoms with Gasteiger partial charge >= 0.3 is 12.0 Å². The zero-order chi connectivity index (χ0) is 38.2. The first-order chi connectivity index (χ1) is 23.9. The molecule has 0 bridgehead atoms. The Hall–Kier alpha value is -4.42. The summed E-state index contributed by atoms with van der Waals surface area (Å²) in [7, 11) is 2.91. The van der Waals surface area contributed by atoms with Crippen molar-refractivity contribution in [2.75, 3.05) is 20.7 Å². The number of ether oxygens (including phenoxy) is 2. The SMILES string of the molecule is CNC(=O)C(=O)C(/C=C(\C)C1CC1)NC(=O)[C@@H]1C[C@@H](C(C)C)CN1C(=O)[C@@H](NC(=O)N[C@H](C(=O)OCc1ccc(OC)cc1)C(C)C)C(C)(C)C. The van der Waals surface area contributed by atoms with E-state index < -0.39 is 65.1 Å². The maximum Gasteiger partial charge on any atom is 0.329 e. The first-order valence-corrected chi connectivity index (χ1v) is 17.8. The van der Waals surface area contributed by atoms with Crippen molar-refractivity contribution >= 4 is 35.5 Å². The highest BCUT2D eigenvalue weighted by Gasteiger charge is 2.46. The normalized spacial score (nSPS) is 19.5. The van der Waals surface area contributed by atoms with Crippen molar-refractivity contribution < 1.29 is 38.2 Å². The fourth-order valence-electron chi connectivity index (χ4n) is 6.07. The van der Waals surface area contributed by atoms with Gasteiger partial charge in [0.2, 0.25) is 17.6 Å². The van der Waals surface area contributed by atoms with Crippen molar-refractivity contribution in [3.63, 3.8) is 0 Å². The van der Waals surface area contributed by atoms with Crippen molar-refractivity contribution in [3.05, 3.63) is 41.5 Å². The number of carbonyl (C=O) groups is 6. The van der Waals surface area contributed by atoms with Crippen molar-refractivity contribution in [2.45, 2.75) is 105 Å². The van der Waals surface area contributed by atoms with Crippen molar-refractivity contribution in [1.82, 2.24) is 26.2 Å². The fraction of sp³-hybridized carbons (Fsp3) is 0.632. The van der Waals surface area contributed by atoms with E-state index in [9.17, 15) is 28.8 Å². The van der Waals surface area contributed by atoms with Crippen LogP contribution in [0.15, 0.2) is 35.9 Å². The number of amides is 5. The van der Waals surface area contributed by atoms with Crippen LogP contribution in [0.5, 0.6) is 5.75 Å². The third kappa shape index (κ3) is 11.3.